The fraction of sp³-hybridized carbons (Fsp3) is 0. The minimum Gasteiger partial charge on any atom is -0.478 e. The van der Waals surface area contributed by atoms with Gasteiger partial charge in [0.1, 0.15) is 0 Å². The molecule has 0 amide bonds. The van der Waals surface area contributed by atoms with Gasteiger partial charge < -0.3 is 9.63 Å². The van der Waals surface area contributed by atoms with Crippen molar-refractivity contribution in [2.24, 2.45) is 0 Å². The van der Waals surface area contributed by atoms with Crippen molar-refractivity contribution in [1.82, 2.24) is 0 Å². The lowest BCUT2D eigenvalue weighted by Gasteiger charge is -1.96. The van der Waals surface area contributed by atoms with E-state index in [0.29, 0.717) is 6.26 Å². The maximum absolute atomic E-state index is 9.63. The van der Waals surface area contributed by atoms with E-state index < -0.39 is 13.8 Å². The Balaban J connectivity index is 0. The maximum Gasteiger partial charge on any atom is 0.524 e. The van der Waals surface area contributed by atoms with E-state index in [1.165, 1.54) is 0 Å². The molecule has 0 heterocycles. The summed E-state index contributed by atoms with van der Waals surface area (Å²) in [6.07, 6.45) is 1.53. The second kappa shape index (κ2) is 6.60. The van der Waals surface area contributed by atoms with Crippen LogP contribution in [0.1, 0.15) is 0 Å². The Bertz CT molecular complexity index is 204. The molecule has 12 heavy (non-hydrogen) atoms. The number of phosphoric ester groups is 1. The van der Waals surface area contributed by atoms with Gasteiger partial charge >= 0.3 is 13.8 Å². The first kappa shape index (κ1) is 13.5. The van der Waals surface area contributed by atoms with Gasteiger partial charge in [-0.2, -0.15) is 0 Å². The number of rotatable bonds is 3. The van der Waals surface area contributed by atoms with Gasteiger partial charge in [0.05, 0.1) is 6.26 Å². The summed E-state index contributed by atoms with van der Waals surface area (Å²) in [6.45, 7) is 5.89. The molecule has 0 aliphatic rings. The van der Waals surface area contributed by atoms with Crippen LogP contribution in [0, 0.1) is 0 Å². The molecule has 0 unspecified atom stereocenters. The molecule has 0 saturated heterocycles. The molecule has 0 aliphatic heterocycles. The molecule has 0 atom stereocenters. The predicted molar refractivity (Wildman–Crippen MR) is 41.2 cm³/mol. The Kier molecular flexibility index (Phi) is 7.42. The van der Waals surface area contributed by atoms with Crippen molar-refractivity contribution < 1.29 is 28.8 Å². The van der Waals surface area contributed by atoms with Crippen LogP contribution in [0.15, 0.2) is 25.5 Å². The number of phosphoric acid groups is 1. The number of aliphatic carboxylic acids is 1. The zero-order valence-electron chi connectivity index (χ0n) is 6.08. The third-order valence-corrected chi connectivity index (χ3v) is 0.810. The third kappa shape index (κ3) is 23.1. The Morgan fingerprint density at radius 1 is 1.42 bits per heavy atom. The summed E-state index contributed by atoms with van der Waals surface area (Å²) >= 11 is 0. The Morgan fingerprint density at radius 2 is 1.75 bits per heavy atom. The maximum atomic E-state index is 9.63. The first-order chi connectivity index (χ1) is 5.33. The van der Waals surface area contributed by atoms with E-state index in [9.17, 15) is 9.36 Å². The molecule has 0 aromatic rings. The molecule has 0 aromatic carbocycles. The Morgan fingerprint density at radius 3 is 1.75 bits per heavy atom. The van der Waals surface area contributed by atoms with Crippen LogP contribution in [0.2, 0.25) is 0 Å². The highest BCUT2D eigenvalue weighted by Gasteiger charge is 2.10. The molecular weight excluding hydrogens is 187 g/mol. The van der Waals surface area contributed by atoms with Gasteiger partial charge in [-0.25, -0.2) is 9.36 Å². The molecule has 0 aliphatic carbocycles. The van der Waals surface area contributed by atoms with E-state index in [1.54, 1.807) is 0 Å². The molecule has 0 aromatic heterocycles. The SMILES string of the molecule is C=CC(=O)O.C=COP(=O)(O)O. The molecule has 0 spiro atoms. The van der Waals surface area contributed by atoms with Crippen LogP contribution >= 0.6 is 7.82 Å². The van der Waals surface area contributed by atoms with E-state index in [4.69, 9.17) is 14.9 Å². The second-order valence-corrected chi connectivity index (χ2v) is 2.50. The van der Waals surface area contributed by atoms with Crippen LogP contribution in [0.4, 0.5) is 0 Å². The zero-order valence-corrected chi connectivity index (χ0v) is 6.98. The lowest BCUT2D eigenvalue weighted by Crippen LogP contribution is -1.82. The van der Waals surface area contributed by atoms with Crippen molar-refractivity contribution >= 4 is 13.8 Å². The minimum absolute atomic E-state index is 0.695. The topological polar surface area (TPSA) is 104 Å². The van der Waals surface area contributed by atoms with Crippen molar-refractivity contribution in [2.75, 3.05) is 0 Å². The average molecular weight is 196 g/mol. The average Bonchev–Trinajstić information content (AvgIpc) is 1.86. The highest BCUT2D eigenvalue weighted by Crippen LogP contribution is 2.35. The first-order valence-corrected chi connectivity index (χ1v) is 4.06. The van der Waals surface area contributed by atoms with Gasteiger partial charge in [-0.05, 0) is 0 Å². The van der Waals surface area contributed by atoms with Crippen LogP contribution in [-0.2, 0) is 13.9 Å². The molecule has 0 radical (unpaired) electrons. The Labute approximate surface area is 69.0 Å². The largest absolute Gasteiger partial charge is 0.524 e. The highest BCUT2D eigenvalue weighted by atomic mass is 31.2. The number of hydrogen-bond donors (Lipinski definition) is 3. The van der Waals surface area contributed by atoms with Crippen LogP contribution < -0.4 is 0 Å². The van der Waals surface area contributed by atoms with Crippen molar-refractivity contribution in [3.8, 4) is 0 Å². The van der Waals surface area contributed by atoms with E-state index in [-0.39, 0.29) is 0 Å². The molecule has 70 valence electrons. The standard InChI is InChI=1S/C3H4O2.C2H5O4P/c1-2-3(4)5;1-2-6-7(3,4)5/h2H,1H2,(H,4,5);2H,1H2,(H2,3,4,5). The van der Waals surface area contributed by atoms with Crippen molar-refractivity contribution in [3.05, 3.63) is 25.5 Å². The number of carboxylic acids is 1. The van der Waals surface area contributed by atoms with Crippen LogP contribution in [0.5, 0.6) is 0 Å². The normalized spacial score (nSPS) is 8.83. The summed E-state index contributed by atoms with van der Waals surface area (Å²) in [5.74, 6) is -0.981. The summed E-state index contributed by atoms with van der Waals surface area (Å²) < 4.78 is 13.3. The van der Waals surface area contributed by atoms with Gasteiger partial charge in [0.15, 0.2) is 0 Å². The van der Waals surface area contributed by atoms with Crippen molar-refractivity contribution in [3.63, 3.8) is 0 Å². The fourth-order valence-electron chi connectivity index (χ4n) is 0.0971. The number of carboxylic acid groups (broad SMARTS) is 1. The molecular formula is C5H9O6P. The molecule has 7 heteroatoms. The van der Waals surface area contributed by atoms with Gasteiger partial charge in [0.2, 0.25) is 0 Å². The summed E-state index contributed by atoms with van der Waals surface area (Å²) in [5, 5.41) is 7.60. The molecule has 0 rings (SSSR count). The van der Waals surface area contributed by atoms with Crippen LogP contribution in [-0.4, -0.2) is 20.9 Å². The molecule has 0 bridgehead atoms. The van der Waals surface area contributed by atoms with E-state index in [1.807, 2.05) is 0 Å². The number of hydrogen-bond acceptors (Lipinski definition) is 3. The minimum atomic E-state index is -4.28. The lowest BCUT2D eigenvalue weighted by atomic mass is 10.7. The fourth-order valence-corrected chi connectivity index (χ4v) is 0.291. The summed E-state index contributed by atoms with van der Waals surface area (Å²) in [5.41, 5.74) is 0. The highest BCUT2D eigenvalue weighted by molar-refractivity contribution is 7.46. The monoisotopic (exact) mass is 196 g/mol. The third-order valence-electron chi connectivity index (χ3n) is 0.386. The summed E-state index contributed by atoms with van der Waals surface area (Å²) in [7, 11) is -4.28. The van der Waals surface area contributed by atoms with E-state index >= 15 is 0 Å². The van der Waals surface area contributed by atoms with Crippen molar-refractivity contribution in [1.29, 1.82) is 0 Å². The zero-order chi connectivity index (χ0) is 10.2. The second-order valence-electron chi connectivity index (χ2n) is 1.31. The van der Waals surface area contributed by atoms with Gasteiger partial charge in [0, 0.05) is 6.08 Å². The smallest absolute Gasteiger partial charge is 0.478 e. The van der Waals surface area contributed by atoms with Crippen LogP contribution in [0.3, 0.4) is 0 Å². The summed E-state index contributed by atoms with van der Waals surface area (Å²) in [6, 6.07) is 0. The van der Waals surface area contributed by atoms with Crippen LogP contribution in [0.25, 0.3) is 0 Å². The van der Waals surface area contributed by atoms with Crippen molar-refractivity contribution in [2.45, 2.75) is 0 Å². The number of carbonyl (C=O) groups is 1. The molecule has 0 saturated carbocycles. The summed E-state index contributed by atoms with van der Waals surface area (Å²) in [4.78, 5) is 24.9. The van der Waals surface area contributed by atoms with E-state index in [2.05, 4.69) is 17.7 Å². The van der Waals surface area contributed by atoms with E-state index in [0.717, 1.165) is 6.08 Å². The van der Waals surface area contributed by atoms with Gasteiger partial charge in [-0.3, -0.25) is 9.79 Å². The molecule has 6 nitrogen and oxygen atoms in total. The van der Waals surface area contributed by atoms with Gasteiger partial charge in [-0.1, -0.05) is 13.2 Å². The Hall–Kier alpha value is -1.10. The van der Waals surface area contributed by atoms with Gasteiger partial charge in [-0.15, -0.1) is 0 Å². The molecule has 3 N–H and O–H groups in total. The quantitative estimate of drug-likeness (QED) is 0.345. The molecule has 0 fully saturated rings. The van der Waals surface area contributed by atoms with Gasteiger partial charge in [0.25, 0.3) is 0 Å². The predicted octanol–water partition coefficient (Wildman–Crippen LogP) is 0.496. The first-order valence-electron chi connectivity index (χ1n) is 2.53. The lowest BCUT2D eigenvalue weighted by molar-refractivity contribution is -0.131.